The van der Waals surface area contributed by atoms with Gasteiger partial charge in [0.1, 0.15) is 0 Å². The van der Waals surface area contributed by atoms with E-state index >= 15 is 4.39 Å². The molecule has 40 heavy (non-hydrogen) atoms. The molecule has 0 unspecified atom stereocenters. The number of benzene rings is 6. The van der Waals surface area contributed by atoms with Crippen LogP contribution in [0.1, 0.15) is 0 Å². The summed E-state index contributed by atoms with van der Waals surface area (Å²) in [5, 5.41) is 4.47. The molecule has 1 radical (unpaired) electrons. The van der Waals surface area contributed by atoms with Crippen molar-refractivity contribution in [1.29, 1.82) is 0 Å². The fourth-order valence-corrected chi connectivity index (χ4v) is 5.44. The van der Waals surface area contributed by atoms with Gasteiger partial charge in [-0.25, -0.2) is 0 Å². The molecule has 0 fully saturated rings. The molecule has 0 atom stereocenters. The number of hydrogen-bond acceptors (Lipinski definition) is 1. The van der Waals surface area contributed by atoms with Crippen molar-refractivity contribution in [1.82, 2.24) is 9.55 Å². The van der Waals surface area contributed by atoms with Crippen LogP contribution in [0.5, 0.6) is 0 Å². The molecule has 1 heterocycles. The minimum Gasteiger partial charge on any atom is -0.339 e. The molecule has 0 N–H and O–H groups in total. The Hall–Kier alpha value is -4.44. The van der Waals surface area contributed by atoms with Gasteiger partial charge in [-0.05, 0) is 32.7 Å². The molecule has 0 aliphatic heterocycles. The number of imidazole rings is 1. The number of hydrogen-bond donors (Lipinski definition) is 0. The van der Waals surface area contributed by atoms with Crippen LogP contribution in [0.2, 0.25) is 0 Å². The summed E-state index contributed by atoms with van der Waals surface area (Å²) in [7, 11) is 0. The molecule has 195 valence electrons. The first-order valence-corrected chi connectivity index (χ1v) is 12.7. The van der Waals surface area contributed by atoms with Gasteiger partial charge in [0.05, 0.1) is 11.5 Å². The van der Waals surface area contributed by atoms with E-state index in [1.54, 1.807) is 6.20 Å². The Morgan fingerprint density at radius 3 is 1.75 bits per heavy atom. The normalized spacial score (nSPS) is 11.1. The molecule has 5 heteroatoms. The van der Waals surface area contributed by atoms with Crippen LogP contribution in [0.15, 0.2) is 128 Å². The Kier molecular flexibility index (Phi) is 6.85. The van der Waals surface area contributed by atoms with Crippen LogP contribution in [0.4, 0.5) is 8.78 Å². The molecule has 0 aliphatic rings. The fourth-order valence-electron chi connectivity index (χ4n) is 5.44. The number of aromatic nitrogens is 2. The van der Waals surface area contributed by atoms with Gasteiger partial charge in [-0.3, -0.25) is 13.8 Å². The molecule has 6 aromatic carbocycles. The number of nitrogens with zero attached hydrogens (tertiary/aromatic N) is 2. The standard InChI is InChI=1S/C35H21F2N2.Ir/c36-25-18-19-32(33(37)22-25)35-38-20-21-39(35)34-30(28-14-5-10-23-8-1-3-12-26(23)28)16-7-17-31(34)29-15-6-11-24-9-2-4-13-27(24)29;/h1-18,20-22H;/q-1;. The summed E-state index contributed by atoms with van der Waals surface area (Å²) in [4.78, 5) is 4.52. The maximum atomic E-state index is 15.0. The van der Waals surface area contributed by atoms with Gasteiger partial charge in [-0.2, -0.15) is 0 Å². The Labute approximate surface area is 243 Å². The molecule has 1 aromatic heterocycles. The molecule has 7 rings (SSSR count). The molecule has 0 bridgehead atoms. The van der Waals surface area contributed by atoms with Gasteiger partial charge in [0, 0.05) is 55.3 Å². The maximum absolute atomic E-state index is 15.0. The van der Waals surface area contributed by atoms with Gasteiger partial charge in [0.15, 0.2) is 0 Å². The SMILES string of the molecule is Fc1c[c-]c(-c2nccn2-c2c(-c3cccc4ccccc34)cccc2-c2cccc3ccccc23)c(F)c1.[Ir]. The molecule has 0 saturated carbocycles. The molecular weight excluding hydrogens is 679 g/mol. The fraction of sp³-hybridized carbons (Fsp3) is 0. The predicted molar refractivity (Wildman–Crippen MR) is 154 cm³/mol. The summed E-state index contributed by atoms with van der Waals surface area (Å²) in [5.41, 5.74) is 5.01. The zero-order valence-corrected chi connectivity index (χ0v) is 23.5. The van der Waals surface area contributed by atoms with Gasteiger partial charge >= 0.3 is 0 Å². The van der Waals surface area contributed by atoms with E-state index in [1.165, 1.54) is 0 Å². The van der Waals surface area contributed by atoms with Crippen LogP contribution in [-0.4, -0.2) is 9.55 Å². The first-order valence-electron chi connectivity index (χ1n) is 12.7. The van der Waals surface area contributed by atoms with Crippen LogP contribution in [0.25, 0.3) is 60.9 Å². The first-order chi connectivity index (χ1) is 19.2. The summed E-state index contributed by atoms with van der Waals surface area (Å²) in [6.45, 7) is 0. The van der Waals surface area contributed by atoms with Crippen LogP contribution in [0.3, 0.4) is 0 Å². The van der Waals surface area contributed by atoms with Gasteiger partial charge in [-0.15, -0.1) is 12.1 Å². The average Bonchev–Trinajstić information content (AvgIpc) is 3.45. The molecule has 0 spiro atoms. The largest absolute Gasteiger partial charge is 0.339 e. The van der Waals surface area contributed by atoms with E-state index in [1.807, 2.05) is 47.2 Å². The monoisotopic (exact) mass is 700 g/mol. The van der Waals surface area contributed by atoms with Crippen LogP contribution < -0.4 is 0 Å². The smallest absolute Gasteiger partial charge is 0.0630 e. The zero-order chi connectivity index (χ0) is 26.3. The van der Waals surface area contributed by atoms with Crippen LogP contribution in [0, 0.1) is 17.7 Å². The number of para-hydroxylation sites is 1. The second kappa shape index (κ2) is 10.6. The van der Waals surface area contributed by atoms with Crippen molar-refractivity contribution < 1.29 is 28.9 Å². The third-order valence-electron chi connectivity index (χ3n) is 7.16. The van der Waals surface area contributed by atoms with Gasteiger partial charge in [0.2, 0.25) is 0 Å². The van der Waals surface area contributed by atoms with Crippen molar-refractivity contribution in [2.24, 2.45) is 0 Å². The van der Waals surface area contributed by atoms with E-state index in [4.69, 9.17) is 0 Å². The quantitative estimate of drug-likeness (QED) is 0.168. The van der Waals surface area contributed by atoms with E-state index in [9.17, 15) is 4.39 Å². The average molecular weight is 700 g/mol. The number of halogens is 2. The molecule has 2 nitrogen and oxygen atoms in total. The van der Waals surface area contributed by atoms with Gasteiger partial charge in [0.25, 0.3) is 0 Å². The first kappa shape index (κ1) is 25.8. The molecule has 7 aromatic rings. The Morgan fingerprint density at radius 2 is 1.15 bits per heavy atom. The van der Waals surface area contributed by atoms with Crippen LogP contribution >= 0.6 is 0 Å². The van der Waals surface area contributed by atoms with E-state index in [0.29, 0.717) is 5.82 Å². The number of rotatable bonds is 4. The maximum Gasteiger partial charge on any atom is 0.0630 e. The Morgan fingerprint density at radius 1 is 0.625 bits per heavy atom. The zero-order valence-electron chi connectivity index (χ0n) is 21.1. The van der Waals surface area contributed by atoms with Crippen molar-refractivity contribution >= 4 is 21.5 Å². The molecule has 0 saturated heterocycles. The second-order valence-electron chi connectivity index (χ2n) is 9.42. The van der Waals surface area contributed by atoms with Crippen molar-refractivity contribution in [3.63, 3.8) is 0 Å². The molecular formula is C35H21F2IrN2-. The minimum absolute atomic E-state index is 0. The third-order valence-corrected chi connectivity index (χ3v) is 7.16. The number of fused-ring (bicyclic) bond motifs is 2. The minimum atomic E-state index is -0.711. The predicted octanol–water partition coefficient (Wildman–Crippen LogP) is 9.26. The summed E-state index contributed by atoms with van der Waals surface area (Å²) in [5.74, 6) is -1.04. The summed E-state index contributed by atoms with van der Waals surface area (Å²) >= 11 is 0. The van der Waals surface area contributed by atoms with Crippen molar-refractivity contribution in [2.75, 3.05) is 0 Å². The van der Waals surface area contributed by atoms with Crippen molar-refractivity contribution in [3.05, 3.63) is 145 Å². The van der Waals surface area contributed by atoms with Gasteiger partial charge < -0.3 is 4.57 Å². The van der Waals surface area contributed by atoms with Crippen LogP contribution in [-0.2, 0) is 20.1 Å². The van der Waals surface area contributed by atoms with E-state index < -0.39 is 11.6 Å². The Balaban J connectivity index is 0.00000289. The van der Waals surface area contributed by atoms with Crippen molar-refractivity contribution in [2.45, 2.75) is 0 Å². The molecule has 0 aliphatic carbocycles. The second-order valence-corrected chi connectivity index (χ2v) is 9.42. The summed E-state index contributed by atoms with van der Waals surface area (Å²) < 4.78 is 30.7. The summed E-state index contributed by atoms with van der Waals surface area (Å²) in [6, 6.07) is 40.0. The summed E-state index contributed by atoms with van der Waals surface area (Å²) in [6.07, 6.45) is 3.46. The topological polar surface area (TPSA) is 17.8 Å². The molecule has 0 amide bonds. The van der Waals surface area contributed by atoms with Gasteiger partial charge in [-0.1, -0.05) is 115 Å². The van der Waals surface area contributed by atoms with E-state index in [0.717, 1.165) is 61.6 Å². The van der Waals surface area contributed by atoms with E-state index in [-0.39, 0.29) is 25.7 Å². The Bertz CT molecular complexity index is 1900. The van der Waals surface area contributed by atoms with Crippen molar-refractivity contribution in [3.8, 4) is 39.3 Å². The van der Waals surface area contributed by atoms with E-state index in [2.05, 4.69) is 77.8 Å². The third kappa shape index (κ3) is 4.34.